The first kappa shape index (κ1) is 26.0. The molecule has 0 aromatic carbocycles. The highest BCUT2D eigenvalue weighted by Gasteiger charge is 2.32. The van der Waals surface area contributed by atoms with E-state index in [2.05, 4.69) is 0 Å². The fourth-order valence-electron chi connectivity index (χ4n) is 1.52. The van der Waals surface area contributed by atoms with Crippen molar-refractivity contribution >= 4 is 11.9 Å². The predicted molar refractivity (Wildman–Crippen MR) is 89.4 cm³/mol. The van der Waals surface area contributed by atoms with Gasteiger partial charge >= 0.3 is 11.9 Å². The van der Waals surface area contributed by atoms with Crippen LogP contribution in [0.5, 0.6) is 0 Å². The van der Waals surface area contributed by atoms with Gasteiger partial charge in [-0.25, -0.2) is 9.59 Å². The summed E-state index contributed by atoms with van der Waals surface area (Å²) < 4.78 is 9.95. The summed E-state index contributed by atoms with van der Waals surface area (Å²) in [5.41, 5.74) is 0. The first-order valence-electron chi connectivity index (χ1n) is 8.47. The molecule has 2 atom stereocenters. The van der Waals surface area contributed by atoms with E-state index in [1.807, 2.05) is 6.92 Å². The van der Waals surface area contributed by atoms with Gasteiger partial charge in [0.25, 0.3) is 0 Å². The summed E-state index contributed by atoms with van der Waals surface area (Å²) in [5.74, 6) is -3.08. The van der Waals surface area contributed by atoms with Gasteiger partial charge in [-0.05, 0) is 32.1 Å². The Hall–Kier alpha value is -1.26. The van der Waals surface area contributed by atoms with Crippen molar-refractivity contribution in [1.29, 1.82) is 0 Å². The summed E-state index contributed by atoms with van der Waals surface area (Å²) in [4.78, 5) is 20.8. The zero-order chi connectivity index (χ0) is 19.5. The Morgan fingerprint density at radius 3 is 1.72 bits per heavy atom. The third-order valence-corrected chi connectivity index (χ3v) is 2.97. The van der Waals surface area contributed by atoms with Crippen molar-refractivity contribution in [2.24, 2.45) is 0 Å². The van der Waals surface area contributed by atoms with E-state index >= 15 is 0 Å². The maximum absolute atomic E-state index is 10.5. The van der Waals surface area contributed by atoms with Gasteiger partial charge in [-0.3, -0.25) is 0 Å². The van der Waals surface area contributed by atoms with E-state index in [-0.39, 0.29) is 19.8 Å². The molecular formula is C16H32O9. The SMILES string of the molecule is CCCCOC(C(=O)O)C(O)C(=O)O.OCCCCOCCCCO. The number of carbonyl (C=O) groups is 2. The van der Waals surface area contributed by atoms with Crippen molar-refractivity contribution in [2.75, 3.05) is 33.0 Å². The van der Waals surface area contributed by atoms with Crippen LogP contribution in [0.25, 0.3) is 0 Å². The van der Waals surface area contributed by atoms with Crippen molar-refractivity contribution in [3.8, 4) is 0 Å². The van der Waals surface area contributed by atoms with Gasteiger partial charge in [0.2, 0.25) is 0 Å². The van der Waals surface area contributed by atoms with Gasteiger partial charge in [-0.2, -0.15) is 0 Å². The van der Waals surface area contributed by atoms with Crippen LogP contribution in [0.1, 0.15) is 45.4 Å². The number of hydrogen-bond acceptors (Lipinski definition) is 7. The lowest BCUT2D eigenvalue weighted by Crippen LogP contribution is -2.41. The van der Waals surface area contributed by atoms with E-state index < -0.39 is 24.1 Å². The molecule has 5 N–H and O–H groups in total. The Morgan fingerprint density at radius 1 is 0.840 bits per heavy atom. The van der Waals surface area contributed by atoms with Crippen LogP contribution in [0.3, 0.4) is 0 Å². The number of aliphatic hydroxyl groups is 3. The highest BCUT2D eigenvalue weighted by atomic mass is 16.5. The van der Waals surface area contributed by atoms with Crippen LogP contribution in [0.2, 0.25) is 0 Å². The lowest BCUT2D eigenvalue weighted by molar-refractivity contribution is -0.171. The van der Waals surface area contributed by atoms with E-state index in [0.717, 1.165) is 45.3 Å². The van der Waals surface area contributed by atoms with Crippen molar-refractivity contribution in [2.45, 2.75) is 57.7 Å². The monoisotopic (exact) mass is 368 g/mol. The number of hydrogen-bond donors (Lipinski definition) is 5. The number of carboxylic acids is 2. The van der Waals surface area contributed by atoms with Crippen LogP contribution in [-0.2, 0) is 19.1 Å². The molecule has 0 aromatic heterocycles. The van der Waals surface area contributed by atoms with Gasteiger partial charge in [0.05, 0.1) is 0 Å². The summed E-state index contributed by atoms with van der Waals surface area (Å²) in [5, 5.41) is 42.7. The minimum atomic E-state index is -2.02. The van der Waals surface area contributed by atoms with Gasteiger partial charge in [0, 0.05) is 33.0 Å². The summed E-state index contributed by atoms with van der Waals surface area (Å²) in [7, 11) is 0. The molecule has 0 heterocycles. The number of unbranched alkanes of at least 4 members (excludes halogenated alkanes) is 3. The van der Waals surface area contributed by atoms with Crippen LogP contribution >= 0.6 is 0 Å². The van der Waals surface area contributed by atoms with E-state index in [1.54, 1.807) is 0 Å². The third-order valence-electron chi connectivity index (χ3n) is 2.97. The minimum absolute atomic E-state index is 0.123. The number of ether oxygens (including phenoxy) is 2. The molecule has 0 fully saturated rings. The first-order valence-corrected chi connectivity index (χ1v) is 8.47. The molecule has 0 saturated heterocycles. The Morgan fingerprint density at radius 2 is 1.36 bits per heavy atom. The van der Waals surface area contributed by atoms with E-state index in [4.69, 9.17) is 35.0 Å². The normalized spacial score (nSPS) is 12.8. The molecule has 9 heteroatoms. The van der Waals surface area contributed by atoms with Gasteiger partial charge in [0.1, 0.15) is 0 Å². The molecule has 0 radical (unpaired) electrons. The van der Waals surface area contributed by atoms with Crippen LogP contribution in [0, 0.1) is 0 Å². The Labute approximate surface area is 148 Å². The number of aliphatic hydroxyl groups excluding tert-OH is 3. The summed E-state index contributed by atoms with van der Waals surface area (Å²) in [6, 6.07) is 0. The summed E-state index contributed by atoms with van der Waals surface area (Å²) >= 11 is 0. The van der Waals surface area contributed by atoms with Gasteiger partial charge in [0.15, 0.2) is 12.2 Å². The lowest BCUT2D eigenvalue weighted by atomic mass is 10.2. The number of rotatable bonds is 15. The second kappa shape index (κ2) is 19.1. The Bertz CT molecular complexity index is 315. The molecule has 150 valence electrons. The van der Waals surface area contributed by atoms with Crippen molar-refractivity contribution < 1.29 is 44.6 Å². The van der Waals surface area contributed by atoms with Crippen molar-refractivity contribution in [3.05, 3.63) is 0 Å². The van der Waals surface area contributed by atoms with Crippen LogP contribution in [0.4, 0.5) is 0 Å². The van der Waals surface area contributed by atoms with Gasteiger partial charge in [-0.1, -0.05) is 13.3 Å². The van der Waals surface area contributed by atoms with Gasteiger partial charge < -0.3 is 35.0 Å². The molecule has 0 aliphatic carbocycles. The van der Waals surface area contributed by atoms with Crippen LogP contribution < -0.4 is 0 Å². The quantitative estimate of drug-likeness (QED) is 0.256. The lowest BCUT2D eigenvalue weighted by Gasteiger charge is -2.15. The topological polar surface area (TPSA) is 154 Å². The first-order chi connectivity index (χ1) is 11.9. The molecule has 0 aliphatic rings. The minimum Gasteiger partial charge on any atom is -0.479 e. The van der Waals surface area contributed by atoms with Crippen LogP contribution in [0.15, 0.2) is 0 Å². The average Bonchev–Trinajstić information content (AvgIpc) is 2.57. The largest absolute Gasteiger partial charge is 0.479 e. The fourth-order valence-corrected chi connectivity index (χ4v) is 1.52. The molecule has 0 aromatic rings. The van der Waals surface area contributed by atoms with Crippen molar-refractivity contribution in [3.63, 3.8) is 0 Å². The van der Waals surface area contributed by atoms with Crippen molar-refractivity contribution in [1.82, 2.24) is 0 Å². The molecular weight excluding hydrogens is 336 g/mol. The smallest absolute Gasteiger partial charge is 0.336 e. The average molecular weight is 368 g/mol. The Kier molecular flexibility index (Phi) is 19.8. The number of aliphatic carboxylic acids is 2. The maximum Gasteiger partial charge on any atom is 0.336 e. The van der Waals surface area contributed by atoms with E-state index in [0.29, 0.717) is 6.42 Å². The number of carboxylic acid groups (broad SMARTS) is 2. The fraction of sp³-hybridized carbons (Fsp3) is 0.875. The van der Waals surface area contributed by atoms with Crippen LogP contribution in [-0.4, -0.2) is 82.7 Å². The molecule has 0 aliphatic heterocycles. The summed E-state index contributed by atoms with van der Waals surface area (Å²) in [6.07, 6.45) is 1.19. The summed E-state index contributed by atoms with van der Waals surface area (Å²) in [6.45, 7) is 3.96. The maximum atomic E-state index is 10.5. The van der Waals surface area contributed by atoms with E-state index in [1.165, 1.54) is 0 Å². The standard InChI is InChI=1S/C8H14O6.C8H18O3/c1-2-3-4-14-6(8(12)13)5(9)7(10)11;9-5-1-3-7-11-8-4-2-6-10/h5-6,9H,2-4H2,1H3,(H,10,11)(H,12,13);9-10H,1-8H2. The second-order valence-electron chi connectivity index (χ2n) is 5.24. The highest BCUT2D eigenvalue weighted by Crippen LogP contribution is 2.02. The molecule has 25 heavy (non-hydrogen) atoms. The zero-order valence-electron chi connectivity index (χ0n) is 14.8. The third kappa shape index (κ3) is 17.4. The molecule has 0 bridgehead atoms. The molecule has 9 nitrogen and oxygen atoms in total. The second-order valence-corrected chi connectivity index (χ2v) is 5.24. The van der Waals surface area contributed by atoms with E-state index in [9.17, 15) is 9.59 Å². The molecule has 0 saturated carbocycles. The molecule has 0 rings (SSSR count). The predicted octanol–water partition coefficient (Wildman–Crippen LogP) is 0.250. The zero-order valence-corrected chi connectivity index (χ0v) is 14.8. The molecule has 0 spiro atoms. The Balaban J connectivity index is 0. The molecule has 0 amide bonds. The van der Waals surface area contributed by atoms with Gasteiger partial charge in [-0.15, -0.1) is 0 Å². The molecule has 2 unspecified atom stereocenters. The highest BCUT2D eigenvalue weighted by molar-refractivity contribution is 5.83.